The van der Waals surface area contributed by atoms with E-state index in [0.29, 0.717) is 19.4 Å². The normalized spacial score (nSPS) is 38.0. The molecule has 0 aromatic carbocycles. The van der Waals surface area contributed by atoms with Crippen LogP contribution in [-0.2, 0) is 47.4 Å². The van der Waals surface area contributed by atoms with Gasteiger partial charge in [-0.1, -0.05) is 0 Å². The molecule has 3 heterocycles. The molecule has 22 unspecified atom stereocenters. The number of hydrogen-bond donors (Lipinski definition) is 17. The molecule has 3 rings (SSSR count). The van der Waals surface area contributed by atoms with Crippen molar-refractivity contribution >= 4 is 0 Å². The smallest absolute Gasteiger partial charge is 0.209 e. The highest BCUT2D eigenvalue weighted by Gasteiger charge is 2.52. The fraction of sp³-hybridized carbons (Fsp3) is 1.00. The van der Waals surface area contributed by atoms with Crippen molar-refractivity contribution in [2.45, 2.75) is 168 Å². The second kappa shape index (κ2) is 26.9. The molecule has 0 bridgehead atoms. The van der Waals surface area contributed by atoms with Crippen molar-refractivity contribution in [1.29, 1.82) is 0 Å². The first-order valence-corrected chi connectivity index (χ1v) is 20.1. The van der Waals surface area contributed by atoms with Crippen LogP contribution in [0.15, 0.2) is 0 Å². The Morgan fingerprint density at radius 3 is 1.60 bits per heavy atom. The molecule has 368 valence electrons. The SMILES string of the molecule is CC(OC1OC(CO)C(O)C(O)C1O)C(CO)OC(OC(C)C(CO)OC(OC1C(CO)OC(OC2C(CO)OC(OCCCCN)C(O)C2O)C(O)C1O)C(O)CO)C(O)O. The minimum absolute atomic E-state index is 0.104. The van der Waals surface area contributed by atoms with E-state index < -0.39 is 181 Å². The quantitative estimate of drug-likeness (QED) is 0.0269. The third-order valence-corrected chi connectivity index (χ3v) is 10.4. The first-order valence-electron chi connectivity index (χ1n) is 20.1. The number of aliphatic hydroxyl groups excluding tert-OH is 15. The summed E-state index contributed by atoms with van der Waals surface area (Å²) in [5.74, 6) is 0. The topological polar surface area (TPSA) is 442 Å². The van der Waals surface area contributed by atoms with E-state index in [-0.39, 0.29) is 6.61 Å². The highest BCUT2D eigenvalue weighted by atomic mass is 16.8. The van der Waals surface area contributed by atoms with Gasteiger partial charge < -0.3 is 135 Å². The van der Waals surface area contributed by atoms with Gasteiger partial charge in [-0.05, 0) is 33.2 Å². The van der Waals surface area contributed by atoms with E-state index in [4.69, 9.17) is 53.1 Å². The van der Waals surface area contributed by atoms with Crippen molar-refractivity contribution in [3.8, 4) is 0 Å². The second-order valence-electron chi connectivity index (χ2n) is 15.0. The van der Waals surface area contributed by atoms with Gasteiger partial charge in [-0.15, -0.1) is 0 Å². The summed E-state index contributed by atoms with van der Waals surface area (Å²) in [5.41, 5.74) is 5.47. The maximum atomic E-state index is 11.2. The summed E-state index contributed by atoms with van der Waals surface area (Å²) in [6.07, 6.45) is -38.7. The van der Waals surface area contributed by atoms with E-state index in [9.17, 15) is 81.7 Å². The van der Waals surface area contributed by atoms with Gasteiger partial charge in [0.2, 0.25) is 12.6 Å². The lowest BCUT2D eigenvalue weighted by molar-refractivity contribution is -0.374. The molecule has 0 radical (unpaired) electrons. The molecule has 27 heteroatoms. The molecule has 27 nitrogen and oxygen atoms in total. The predicted octanol–water partition coefficient (Wildman–Crippen LogP) is -9.93. The minimum atomic E-state index is -2.45. The van der Waals surface area contributed by atoms with Crippen molar-refractivity contribution in [3.05, 3.63) is 0 Å². The molecule has 3 fully saturated rings. The van der Waals surface area contributed by atoms with Gasteiger partial charge in [0.15, 0.2) is 25.2 Å². The van der Waals surface area contributed by atoms with E-state index in [1.807, 2.05) is 0 Å². The molecule has 18 N–H and O–H groups in total. The van der Waals surface area contributed by atoms with Gasteiger partial charge in [-0.3, -0.25) is 0 Å². The van der Waals surface area contributed by atoms with Crippen molar-refractivity contribution in [2.75, 3.05) is 52.8 Å². The Labute approximate surface area is 355 Å². The Balaban J connectivity index is 1.68. The van der Waals surface area contributed by atoms with Gasteiger partial charge in [0.05, 0.1) is 51.8 Å². The zero-order valence-corrected chi connectivity index (χ0v) is 34.2. The van der Waals surface area contributed by atoms with Gasteiger partial charge in [0.25, 0.3) is 0 Å². The zero-order chi connectivity index (χ0) is 46.4. The van der Waals surface area contributed by atoms with Crippen LogP contribution >= 0.6 is 0 Å². The molecule has 3 aliphatic heterocycles. The maximum absolute atomic E-state index is 11.2. The van der Waals surface area contributed by atoms with Gasteiger partial charge in [-0.25, -0.2) is 0 Å². The Morgan fingerprint density at radius 1 is 0.516 bits per heavy atom. The molecule has 0 aliphatic carbocycles. The molecule has 0 spiro atoms. The van der Waals surface area contributed by atoms with Crippen LogP contribution in [-0.4, -0.2) is 276 Å². The molecule has 0 aromatic rings. The summed E-state index contributed by atoms with van der Waals surface area (Å²) in [4.78, 5) is 0. The summed E-state index contributed by atoms with van der Waals surface area (Å²) in [6, 6.07) is 0. The predicted molar refractivity (Wildman–Crippen MR) is 197 cm³/mol. The summed E-state index contributed by atoms with van der Waals surface area (Å²) >= 11 is 0. The van der Waals surface area contributed by atoms with Crippen LogP contribution in [0.25, 0.3) is 0 Å². The first kappa shape index (κ1) is 55.2. The molecule has 62 heavy (non-hydrogen) atoms. The molecule has 0 amide bonds. The average Bonchev–Trinajstić information content (AvgIpc) is 3.26. The molecule has 0 saturated carbocycles. The monoisotopic (exact) mass is 917 g/mol. The van der Waals surface area contributed by atoms with Crippen LogP contribution in [0.3, 0.4) is 0 Å². The van der Waals surface area contributed by atoms with Gasteiger partial charge in [0, 0.05) is 6.61 Å². The molecule has 3 saturated heterocycles. The van der Waals surface area contributed by atoms with Gasteiger partial charge in [0.1, 0.15) is 91.6 Å². The first-order chi connectivity index (χ1) is 29.4. The Bertz CT molecular complexity index is 1210. The molecule has 3 aliphatic rings. The zero-order valence-electron chi connectivity index (χ0n) is 34.2. The molecular weight excluding hydrogens is 850 g/mol. The largest absolute Gasteiger partial charge is 0.394 e. The molecule has 0 aromatic heterocycles. The summed E-state index contributed by atoms with van der Waals surface area (Å²) in [6.45, 7) is -2.37. The van der Waals surface area contributed by atoms with Gasteiger partial charge in [-0.2, -0.15) is 0 Å². The number of aliphatic hydroxyl groups is 16. The third kappa shape index (κ3) is 14.5. The Morgan fingerprint density at radius 2 is 1.03 bits per heavy atom. The lowest BCUT2D eigenvalue weighted by Crippen LogP contribution is -2.65. The fourth-order valence-corrected chi connectivity index (χ4v) is 6.65. The van der Waals surface area contributed by atoms with E-state index in [0.717, 1.165) is 0 Å². The van der Waals surface area contributed by atoms with Gasteiger partial charge >= 0.3 is 0 Å². The lowest BCUT2D eigenvalue weighted by atomic mass is 9.96. The highest BCUT2D eigenvalue weighted by Crippen LogP contribution is 2.32. The highest BCUT2D eigenvalue weighted by molar-refractivity contribution is 4.95. The van der Waals surface area contributed by atoms with E-state index >= 15 is 0 Å². The van der Waals surface area contributed by atoms with Crippen LogP contribution in [0.1, 0.15) is 26.7 Å². The minimum Gasteiger partial charge on any atom is -0.394 e. The number of rotatable bonds is 27. The number of ether oxygens (including phenoxy) is 10. The van der Waals surface area contributed by atoms with E-state index in [1.165, 1.54) is 13.8 Å². The molecule has 22 atom stereocenters. The van der Waals surface area contributed by atoms with Crippen molar-refractivity contribution in [3.63, 3.8) is 0 Å². The number of hydrogen-bond acceptors (Lipinski definition) is 27. The Hall–Kier alpha value is -1.08. The number of nitrogens with two attached hydrogens (primary N) is 1. The lowest BCUT2D eigenvalue weighted by Gasteiger charge is -2.47. The van der Waals surface area contributed by atoms with Crippen molar-refractivity contribution in [1.82, 2.24) is 0 Å². The van der Waals surface area contributed by atoms with Crippen molar-refractivity contribution < 1.29 is 129 Å². The maximum Gasteiger partial charge on any atom is 0.209 e. The summed E-state index contributed by atoms with van der Waals surface area (Å²) < 4.78 is 55.6. The third-order valence-electron chi connectivity index (χ3n) is 10.4. The summed E-state index contributed by atoms with van der Waals surface area (Å²) in [5, 5.41) is 165. The van der Waals surface area contributed by atoms with E-state index in [2.05, 4.69) is 0 Å². The average molecular weight is 918 g/mol. The fourth-order valence-electron chi connectivity index (χ4n) is 6.65. The Kier molecular flexibility index (Phi) is 24.0. The van der Waals surface area contributed by atoms with Crippen LogP contribution in [0.2, 0.25) is 0 Å². The van der Waals surface area contributed by atoms with Crippen molar-refractivity contribution in [2.24, 2.45) is 5.73 Å². The molecular formula is C35H67NO26. The summed E-state index contributed by atoms with van der Waals surface area (Å²) in [7, 11) is 0. The van der Waals surface area contributed by atoms with Crippen LogP contribution in [0.5, 0.6) is 0 Å². The van der Waals surface area contributed by atoms with E-state index in [1.54, 1.807) is 0 Å². The van der Waals surface area contributed by atoms with Crippen LogP contribution in [0, 0.1) is 0 Å². The van der Waals surface area contributed by atoms with Crippen LogP contribution < -0.4 is 5.73 Å². The standard InChI is InChI=1S/C35H67NO26/c1-13(54-33-25(48)22(45)21(44)18(10-40)58-33)17(9-39)57-35(30(51)52)55-14(2)16(8-38)56-31(15(43)7-37)61-28-20(12-42)60-34(27(50)24(28)47)62-29-19(11-41)59-32(26(49)23(29)46)53-6-4-3-5-36/h13-35,37-52H,3-12,36H2,1-2H3. The van der Waals surface area contributed by atoms with Crippen LogP contribution in [0.4, 0.5) is 0 Å². The second-order valence-corrected chi connectivity index (χ2v) is 15.0. The number of unbranched alkanes of at least 4 members (excludes halogenated alkanes) is 1.